The van der Waals surface area contributed by atoms with Gasteiger partial charge in [0, 0.05) is 5.02 Å². The summed E-state index contributed by atoms with van der Waals surface area (Å²) in [5.41, 5.74) is 12.5. The van der Waals surface area contributed by atoms with Gasteiger partial charge in [0.05, 0.1) is 5.02 Å². The molecule has 0 aliphatic heterocycles. The molecular weight excluding hydrogens is 441 g/mol. The molecule has 0 aliphatic rings. The van der Waals surface area contributed by atoms with Crippen molar-refractivity contribution in [2.24, 2.45) is 0 Å². The Hall–Kier alpha value is -3.23. The molecule has 10 heteroatoms. The van der Waals surface area contributed by atoms with E-state index in [9.17, 15) is 4.79 Å². The molecule has 1 aromatic heterocycles. The third-order valence-corrected chi connectivity index (χ3v) is 4.71. The van der Waals surface area contributed by atoms with E-state index in [1.54, 1.807) is 12.1 Å². The van der Waals surface area contributed by atoms with Gasteiger partial charge in [-0.3, -0.25) is 15.6 Å². The highest BCUT2D eigenvalue weighted by Gasteiger charge is 2.12. The van der Waals surface area contributed by atoms with Crippen molar-refractivity contribution in [3.63, 3.8) is 0 Å². The van der Waals surface area contributed by atoms with Gasteiger partial charge in [0.15, 0.2) is 12.4 Å². The maximum Gasteiger partial charge on any atom is 0.276 e. The van der Waals surface area contributed by atoms with Crippen molar-refractivity contribution < 1.29 is 14.3 Å². The number of hydrazine groups is 1. The Kier molecular flexibility index (Phi) is 7.38. The number of benzene rings is 2. The number of anilines is 2. The number of nitrogens with zero attached hydrogens (tertiary/aromatic N) is 2. The quantitative estimate of drug-likeness (QED) is 0.412. The lowest BCUT2D eigenvalue weighted by Crippen LogP contribution is -2.34. The Morgan fingerprint density at radius 2 is 1.87 bits per heavy atom. The SMILES string of the molecule is CC(C)c1ccc(Oc2ncnc(NNC(=O)COc3ccc(Cl)cc3Cl)c2N)cc1. The van der Waals surface area contributed by atoms with E-state index in [4.69, 9.17) is 38.4 Å². The number of hydrogen-bond acceptors (Lipinski definition) is 7. The van der Waals surface area contributed by atoms with Gasteiger partial charge in [-0.25, -0.2) is 4.98 Å². The molecule has 0 atom stereocenters. The number of aromatic nitrogens is 2. The van der Waals surface area contributed by atoms with Crippen molar-refractivity contribution in [1.29, 1.82) is 0 Å². The number of carbonyl (C=O) groups excluding carboxylic acids is 1. The molecule has 3 aromatic rings. The van der Waals surface area contributed by atoms with Crippen LogP contribution >= 0.6 is 23.2 Å². The Balaban J connectivity index is 1.57. The molecule has 1 amide bonds. The number of nitrogen functional groups attached to an aromatic ring is 1. The fraction of sp³-hybridized carbons (Fsp3) is 0.190. The van der Waals surface area contributed by atoms with Crippen molar-refractivity contribution >= 4 is 40.6 Å². The first kappa shape index (κ1) is 22.5. The molecule has 4 N–H and O–H groups in total. The fourth-order valence-electron chi connectivity index (χ4n) is 2.49. The van der Waals surface area contributed by atoms with Crippen LogP contribution in [0.15, 0.2) is 48.8 Å². The lowest BCUT2D eigenvalue weighted by Gasteiger charge is -2.13. The molecule has 0 saturated heterocycles. The van der Waals surface area contributed by atoms with Gasteiger partial charge in [-0.05, 0) is 41.8 Å². The van der Waals surface area contributed by atoms with E-state index < -0.39 is 5.91 Å². The summed E-state index contributed by atoms with van der Waals surface area (Å²) in [6.07, 6.45) is 1.27. The lowest BCUT2D eigenvalue weighted by atomic mass is 10.0. The lowest BCUT2D eigenvalue weighted by molar-refractivity contribution is -0.122. The Labute approximate surface area is 189 Å². The van der Waals surface area contributed by atoms with Crippen molar-refractivity contribution in [1.82, 2.24) is 15.4 Å². The zero-order valence-corrected chi connectivity index (χ0v) is 18.4. The molecule has 162 valence electrons. The first-order chi connectivity index (χ1) is 14.8. The molecule has 31 heavy (non-hydrogen) atoms. The van der Waals surface area contributed by atoms with Crippen LogP contribution in [0.1, 0.15) is 25.3 Å². The summed E-state index contributed by atoms with van der Waals surface area (Å²) in [4.78, 5) is 20.1. The van der Waals surface area contributed by atoms with Crippen LogP contribution in [0, 0.1) is 0 Å². The van der Waals surface area contributed by atoms with Gasteiger partial charge >= 0.3 is 0 Å². The van der Waals surface area contributed by atoms with Crippen LogP contribution in [0.5, 0.6) is 17.4 Å². The molecule has 3 rings (SSSR count). The number of nitrogens with one attached hydrogen (secondary N) is 2. The molecule has 1 heterocycles. The summed E-state index contributed by atoms with van der Waals surface area (Å²) in [5, 5.41) is 0.771. The minimum Gasteiger partial charge on any atom is -0.482 e. The number of hydrogen-bond donors (Lipinski definition) is 3. The monoisotopic (exact) mass is 461 g/mol. The Morgan fingerprint density at radius 1 is 1.13 bits per heavy atom. The van der Waals surface area contributed by atoms with Crippen LogP contribution in [0.25, 0.3) is 0 Å². The van der Waals surface area contributed by atoms with Crippen molar-refractivity contribution in [2.75, 3.05) is 17.8 Å². The number of amides is 1. The van der Waals surface area contributed by atoms with E-state index in [0.29, 0.717) is 27.5 Å². The van der Waals surface area contributed by atoms with E-state index in [2.05, 4.69) is 34.7 Å². The number of ether oxygens (including phenoxy) is 2. The summed E-state index contributed by atoms with van der Waals surface area (Å²) < 4.78 is 11.1. The predicted molar refractivity (Wildman–Crippen MR) is 121 cm³/mol. The maximum atomic E-state index is 12.1. The summed E-state index contributed by atoms with van der Waals surface area (Å²) in [6, 6.07) is 12.3. The number of halogens is 2. The second-order valence-electron chi connectivity index (χ2n) is 6.80. The van der Waals surface area contributed by atoms with Crippen LogP contribution in [-0.2, 0) is 4.79 Å². The van der Waals surface area contributed by atoms with E-state index in [1.165, 1.54) is 18.0 Å². The normalized spacial score (nSPS) is 10.6. The van der Waals surface area contributed by atoms with Gasteiger partial charge in [-0.2, -0.15) is 4.98 Å². The van der Waals surface area contributed by atoms with E-state index in [0.717, 1.165) is 0 Å². The summed E-state index contributed by atoms with van der Waals surface area (Å²) >= 11 is 11.8. The zero-order valence-electron chi connectivity index (χ0n) is 16.9. The molecule has 0 fully saturated rings. The first-order valence-corrected chi connectivity index (χ1v) is 10.1. The van der Waals surface area contributed by atoms with E-state index in [1.807, 2.05) is 24.3 Å². The van der Waals surface area contributed by atoms with E-state index in [-0.39, 0.29) is 24.0 Å². The number of nitrogens with two attached hydrogens (primary N) is 1. The number of carbonyl (C=O) groups is 1. The van der Waals surface area contributed by atoms with E-state index >= 15 is 0 Å². The molecule has 0 radical (unpaired) electrons. The first-order valence-electron chi connectivity index (χ1n) is 9.34. The highest BCUT2D eigenvalue weighted by molar-refractivity contribution is 6.35. The van der Waals surface area contributed by atoms with Gasteiger partial charge in [0.25, 0.3) is 5.91 Å². The average Bonchev–Trinajstić information content (AvgIpc) is 2.74. The minimum absolute atomic E-state index is 0.136. The van der Waals surface area contributed by atoms with Crippen LogP contribution in [-0.4, -0.2) is 22.5 Å². The van der Waals surface area contributed by atoms with Crippen LogP contribution in [0.4, 0.5) is 11.5 Å². The Morgan fingerprint density at radius 3 is 2.55 bits per heavy atom. The minimum atomic E-state index is -0.476. The topological polar surface area (TPSA) is 111 Å². The summed E-state index contributed by atoms with van der Waals surface area (Å²) in [7, 11) is 0. The summed E-state index contributed by atoms with van der Waals surface area (Å²) in [6.45, 7) is 3.93. The highest BCUT2D eigenvalue weighted by atomic mass is 35.5. The van der Waals surface area contributed by atoms with Gasteiger partial charge in [0.1, 0.15) is 23.5 Å². The summed E-state index contributed by atoms with van der Waals surface area (Å²) in [5.74, 6) is 1.20. The van der Waals surface area contributed by atoms with Crippen molar-refractivity contribution in [2.45, 2.75) is 19.8 Å². The zero-order chi connectivity index (χ0) is 22.4. The van der Waals surface area contributed by atoms with Gasteiger partial charge in [-0.15, -0.1) is 0 Å². The van der Waals surface area contributed by atoms with Crippen LogP contribution < -0.4 is 26.1 Å². The molecule has 0 bridgehead atoms. The van der Waals surface area contributed by atoms with Crippen LogP contribution in [0.2, 0.25) is 10.0 Å². The highest BCUT2D eigenvalue weighted by Crippen LogP contribution is 2.30. The molecule has 0 aliphatic carbocycles. The molecule has 0 spiro atoms. The van der Waals surface area contributed by atoms with Crippen molar-refractivity contribution in [3.05, 3.63) is 64.4 Å². The van der Waals surface area contributed by atoms with Crippen molar-refractivity contribution in [3.8, 4) is 17.4 Å². The smallest absolute Gasteiger partial charge is 0.276 e. The molecule has 0 unspecified atom stereocenters. The second kappa shape index (κ2) is 10.2. The molecule has 8 nitrogen and oxygen atoms in total. The molecule has 2 aromatic carbocycles. The molecular formula is C21H21Cl2N5O3. The van der Waals surface area contributed by atoms with Crippen LogP contribution in [0.3, 0.4) is 0 Å². The third kappa shape index (κ3) is 6.13. The standard InChI is InChI=1S/C21H21Cl2N5O3/c1-12(2)13-3-6-15(7-4-13)31-21-19(24)20(25-11-26-21)28-27-18(29)10-30-17-8-5-14(22)9-16(17)23/h3-9,11-12H,10,24H2,1-2H3,(H,27,29)(H,25,26,28). The molecule has 0 saturated carbocycles. The predicted octanol–water partition coefficient (Wildman–Crippen LogP) is 4.80. The largest absolute Gasteiger partial charge is 0.482 e. The maximum absolute atomic E-state index is 12.1. The Bertz CT molecular complexity index is 1060. The second-order valence-corrected chi connectivity index (χ2v) is 7.65. The van der Waals surface area contributed by atoms with Gasteiger partial charge < -0.3 is 15.2 Å². The van der Waals surface area contributed by atoms with Gasteiger partial charge in [-0.1, -0.05) is 49.2 Å². The fourth-order valence-corrected chi connectivity index (χ4v) is 2.96. The average molecular weight is 462 g/mol. The third-order valence-electron chi connectivity index (χ3n) is 4.18. The number of rotatable bonds is 8. The van der Waals surface area contributed by atoms with Gasteiger partial charge in [0.2, 0.25) is 5.88 Å².